The van der Waals surface area contributed by atoms with Gasteiger partial charge in [0.1, 0.15) is 0 Å². The summed E-state index contributed by atoms with van der Waals surface area (Å²) in [7, 11) is 2.25. The van der Waals surface area contributed by atoms with Crippen LogP contribution in [0.15, 0.2) is 0 Å². The van der Waals surface area contributed by atoms with Gasteiger partial charge in [0, 0.05) is 38.3 Å². The molecule has 0 aromatic rings. The average Bonchev–Trinajstić information content (AvgIpc) is 2.43. The molecule has 0 atom stereocenters. The fraction of sp³-hybridized carbons (Fsp3) is 1.00. The molecule has 4 fully saturated rings. The Kier molecular flexibility index (Phi) is 3.79. The first-order valence-corrected chi connectivity index (χ1v) is 9.30. The van der Waals surface area contributed by atoms with E-state index in [0.717, 1.165) is 23.4 Å². The minimum Gasteiger partial charge on any atom is -0.303 e. The second-order valence-electron chi connectivity index (χ2n) is 8.73. The Morgan fingerprint density at radius 2 is 1.43 bits per heavy atom. The Bertz CT molecular complexity index is 353. The molecule has 0 amide bonds. The standard InChI is InChI=1S/C18H33N3/c1-15-5-9-20(10-6-15)16-3-7-18(8-4-16)13-21(14-18)17-11-19(2)12-17/h15-17H,3-14H2,1-2H3. The van der Waals surface area contributed by atoms with Crippen LogP contribution in [0.4, 0.5) is 0 Å². The SMILES string of the molecule is CC1CCN(C2CCC3(CC2)CN(C2CN(C)C2)C3)CC1. The first-order valence-electron chi connectivity index (χ1n) is 9.30. The highest BCUT2D eigenvalue weighted by atomic mass is 15.3. The van der Waals surface area contributed by atoms with Crippen molar-refractivity contribution in [2.45, 2.75) is 57.5 Å². The minimum atomic E-state index is 0.730. The van der Waals surface area contributed by atoms with E-state index >= 15 is 0 Å². The molecule has 0 radical (unpaired) electrons. The van der Waals surface area contributed by atoms with Crippen LogP contribution >= 0.6 is 0 Å². The highest BCUT2D eigenvalue weighted by Gasteiger charge is 2.49. The molecule has 3 aliphatic heterocycles. The van der Waals surface area contributed by atoms with E-state index in [1.807, 2.05) is 0 Å². The van der Waals surface area contributed by atoms with Crippen molar-refractivity contribution in [1.82, 2.24) is 14.7 Å². The van der Waals surface area contributed by atoms with Crippen molar-refractivity contribution in [1.29, 1.82) is 0 Å². The number of nitrogens with zero attached hydrogens (tertiary/aromatic N) is 3. The molecule has 3 nitrogen and oxygen atoms in total. The maximum absolute atomic E-state index is 2.82. The number of likely N-dealkylation sites (tertiary alicyclic amines) is 3. The van der Waals surface area contributed by atoms with Gasteiger partial charge in [-0.05, 0) is 70.0 Å². The van der Waals surface area contributed by atoms with Gasteiger partial charge in [0.25, 0.3) is 0 Å². The quantitative estimate of drug-likeness (QED) is 0.773. The predicted octanol–water partition coefficient (Wildman–Crippen LogP) is 2.28. The maximum atomic E-state index is 2.82. The summed E-state index contributed by atoms with van der Waals surface area (Å²) in [4.78, 5) is 8.04. The van der Waals surface area contributed by atoms with Crippen LogP contribution in [-0.4, -0.2) is 73.1 Å². The summed E-state index contributed by atoms with van der Waals surface area (Å²) in [5.41, 5.74) is 0.730. The Morgan fingerprint density at radius 1 is 0.810 bits per heavy atom. The van der Waals surface area contributed by atoms with Crippen LogP contribution in [0, 0.1) is 11.3 Å². The molecule has 0 bridgehead atoms. The third-order valence-electron chi connectivity index (χ3n) is 6.99. The van der Waals surface area contributed by atoms with Crippen molar-refractivity contribution in [2.75, 3.05) is 46.3 Å². The molecule has 4 aliphatic rings. The zero-order chi connectivity index (χ0) is 14.4. The van der Waals surface area contributed by atoms with E-state index in [1.165, 1.54) is 77.8 Å². The second kappa shape index (κ2) is 5.50. The van der Waals surface area contributed by atoms with E-state index < -0.39 is 0 Å². The molecule has 3 saturated heterocycles. The van der Waals surface area contributed by atoms with Crippen molar-refractivity contribution < 1.29 is 0 Å². The molecule has 3 heterocycles. The second-order valence-corrected chi connectivity index (χ2v) is 8.73. The van der Waals surface area contributed by atoms with E-state index in [0.29, 0.717) is 0 Å². The van der Waals surface area contributed by atoms with Crippen molar-refractivity contribution in [3.63, 3.8) is 0 Å². The van der Waals surface area contributed by atoms with Gasteiger partial charge in [0.2, 0.25) is 0 Å². The molecule has 0 aromatic heterocycles. The van der Waals surface area contributed by atoms with Crippen LogP contribution in [0.1, 0.15) is 45.4 Å². The van der Waals surface area contributed by atoms with E-state index in [-0.39, 0.29) is 0 Å². The van der Waals surface area contributed by atoms with Crippen molar-refractivity contribution >= 4 is 0 Å². The number of likely N-dealkylation sites (N-methyl/N-ethyl adjacent to an activating group) is 1. The van der Waals surface area contributed by atoms with Crippen LogP contribution in [0.5, 0.6) is 0 Å². The molecular weight excluding hydrogens is 258 g/mol. The first-order chi connectivity index (χ1) is 10.1. The van der Waals surface area contributed by atoms with E-state index in [9.17, 15) is 0 Å². The fourth-order valence-corrected chi connectivity index (χ4v) is 5.26. The minimum absolute atomic E-state index is 0.730. The lowest BCUT2D eigenvalue weighted by Crippen LogP contribution is -2.68. The molecule has 0 unspecified atom stereocenters. The van der Waals surface area contributed by atoms with Crippen molar-refractivity contribution in [3.05, 3.63) is 0 Å². The summed E-state index contributed by atoms with van der Waals surface area (Å²) in [5.74, 6) is 0.969. The highest BCUT2D eigenvalue weighted by Crippen LogP contribution is 2.46. The summed E-state index contributed by atoms with van der Waals surface area (Å²) >= 11 is 0. The number of hydrogen-bond donors (Lipinski definition) is 0. The summed E-state index contributed by atoms with van der Waals surface area (Å²) in [6.45, 7) is 10.6. The zero-order valence-corrected chi connectivity index (χ0v) is 14.1. The lowest BCUT2D eigenvalue weighted by atomic mass is 9.66. The number of piperidine rings is 1. The fourth-order valence-electron chi connectivity index (χ4n) is 5.26. The van der Waals surface area contributed by atoms with Crippen molar-refractivity contribution in [2.24, 2.45) is 11.3 Å². The molecule has 1 spiro atoms. The zero-order valence-electron chi connectivity index (χ0n) is 14.1. The molecule has 21 heavy (non-hydrogen) atoms. The van der Waals surface area contributed by atoms with Gasteiger partial charge in [-0.2, -0.15) is 0 Å². The lowest BCUT2D eigenvalue weighted by Gasteiger charge is -2.59. The Morgan fingerprint density at radius 3 is 2.00 bits per heavy atom. The maximum Gasteiger partial charge on any atom is 0.0350 e. The van der Waals surface area contributed by atoms with Gasteiger partial charge < -0.3 is 9.80 Å². The van der Waals surface area contributed by atoms with Crippen LogP contribution in [0.25, 0.3) is 0 Å². The molecule has 0 N–H and O–H groups in total. The van der Waals surface area contributed by atoms with Gasteiger partial charge in [-0.15, -0.1) is 0 Å². The van der Waals surface area contributed by atoms with Crippen LogP contribution in [0.3, 0.4) is 0 Å². The number of hydrogen-bond acceptors (Lipinski definition) is 3. The molecule has 1 aliphatic carbocycles. The van der Waals surface area contributed by atoms with Crippen LogP contribution in [-0.2, 0) is 0 Å². The molecule has 3 heteroatoms. The third-order valence-corrected chi connectivity index (χ3v) is 6.99. The van der Waals surface area contributed by atoms with Crippen LogP contribution in [0.2, 0.25) is 0 Å². The monoisotopic (exact) mass is 291 g/mol. The van der Waals surface area contributed by atoms with E-state index in [2.05, 4.69) is 28.7 Å². The Labute approximate surface area is 130 Å². The first kappa shape index (κ1) is 14.5. The average molecular weight is 291 g/mol. The summed E-state index contributed by atoms with van der Waals surface area (Å²) < 4.78 is 0. The topological polar surface area (TPSA) is 9.72 Å². The van der Waals surface area contributed by atoms with E-state index in [4.69, 9.17) is 0 Å². The normalized spacial score (nSPS) is 34.0. The Hall–Kier alpha value is -0.120. The van der Waals surface area contributed by atoms with Gasteiger partial charge in [-0.3, -0.25) is 4.90 Å². The van der Waals surface area contributed by atoms with Gasteiger partial charge in [-0.1, -0.05) is 6.92 Å². The third kappa shape index (κ3) is 2.77. The molecule has 0 aromatic carbocycles. The summed E-state index contributed by atoms with van der Waals surface area (Å²) in [5, 5.41) is 0. The van der Waals surface area contributed by atoms with Crippen molar-refractivity contribution in [3.8, 4) is 0 Å². The van der Waals surface area contributed by atoms with E-state index in [1.54, 1.807) is 0 Å². The summed E-state index contributed by atoms with van der Waals surface area (Å²) in [6.07, 6.45) is 8.83. The lowest BCUT2D eigenvalue weighted by molar-refractivity contribution is -0.0995. The summed E-state index contributed by atoms with van der Waals surface area (Å²) in [6, 6.07) is 1.81. The predicted molar refractivity (Wildman–Crippen MR) is 87.5 cm³/mol. The highest BCUT2D eigenvalue weighted by molar-refractivity contribution is 5.03. The largest absolute Gasteiger partial charge is 0.303 e. The van der Waals surface area contributed by atoms with Crippen LogP contribution < -0.4 is 0 Å². The van der Waals surface area contributed by atoms with Gasteiger partial charge >= 0.3 is 0 Å². The van der Waals surface area contributed by atoms with Gasteiger partial charge in [-0.25, -0.2) is 0 Å². The molecule has 120 valence electrons. The van der Waals surface area contributed by atoms with Gasteiger partial charge in [0.15, 0.2) is 0 Å². The molecule has 1 saturated carbocycles. The van der Waals surface area contributed by atoms with Gasteiger partial charge in [0.05, 0.1) is 0 Å². The Balaban J connectivity index is 1.23. The molecular formula is C18H33N3. The smallest absolute Gasteiger partial charge is 0.0350 e. The number of rotatable bonds is 2. The molecule has 4 rings (SSSR count).